The molecule has 0 aromatic heterocycles. The molecule has 0 radical (unpaired) electrons. The van der Waals surface area contributed by atoms with Crippen LogP contribution in [0, 0.1) is 17.6 Å². The summed E-state index contributed by atoms with van der Waals surface area (Å²) in [6, 6.07) is 3.42. The van der Waals surface area contributed by atoms with Gasteiger partial charge in [-0.15, -0.1) is 0 Å². The van der Waals surface area contributed by atoms with Gasteiger partial charge in [-0.3, -0.25) is 4.79 Å². The van der Waals surface area contributed by atoms with Crippen LogP contribution in [0.15, 0.2) is 18.2 Å². The Hall–Kier alpha value is -1.45. The third-order valence-corrected chi connectivity index (χ3v) is 3.53. The second kappa shape index (κ2) is 5.46. The van der Waals surface area contributed by atoms with Crippen LogP contribution < -0.4 is 5.32 Å². The summed E-state index contributed by atoms with van der Waals surface area (Å²) >= 11 is 0. The van der Waals surface area contributed by atoms with Gasteiger partial charge in [-0.05, 0) is 37.5 Å². The van der Waals surface area contributed by atoms with E-state index in [-0.39, 0.29) is 17.9 Å². The van der Waals surface area contributed by atoms with Gasteiger partial charge in [0.15, 0.2) is 11.6 Å². The summed E-state index contributed by atoms with van der Waals surface area (Å²) in [6.07, 6.45) is 4.04. The van der Waals surface area contributed by atoms with Gasteiger partial charge in [0.1, 0.15) is 0 Å². The van der Waals surface area contributed by atoms with Crippen molar-refractivity contribution >= 4 is 5.91 Å². The van der Waals surface area contributed by atoms with Crippen LogP contribution in [-0.2, 0) is 4.79 Å². The molecule has 0 spiro atoms. The van der Waals surface area contributed by atoms with Crippen molar-refractivity contribution < 1.29 is 13.6 Å². The van der Waals surface area contributed by atoms with E-state index in [1.54, 1.807) is 6.92 Å². The van der Waals surface area contributed by atoms with Crippen LogP contribution in [0.5, 0.6) is 0 Å². The summed E-state index contributed by atoms with van der Waals surface area (Å²) in [7, 11) is 0. The van der Waals surface area contributed by atoms with E-state index < -0.39 is 11.6 Å². The van der Waals surface area contributed by atoms with E-state index in [2.05, 4.69) is 5.32 Å². The Morgan fingerprint density at radius 1 is 1.28 bits per heavy atom. The molecule has 2 nitrogen and oxygen atoms in total. The molecule has 0 aliphatic heterocycles. The Bertz CT molecular complexity index is 441. The Labute approximate surface area is 105 Å². The Morgan fingerprint density at radius 3 is 2.56 bits per heavy atom. The maximum atomic E-state index is 13.1. The molecular formula is C14H17F2NO. The van der Waals surface area contributed by atoms with Gasteiger partial charge in [0, 0.05) is 5.92 Å². The molecule has 0 bridgehead atoms. The van der Waals surface area contributed by atoms with Crippen molar-refractivity contribution in [2.45, 2.75) is 38.6 Å². The lowest BCUT2D eigenvalue weighted by molar-refractivity contribution is -0.125. The zero-order valence-corrected chi connectivity index (χ0v) is 10.4. The molecule has 1 amide bonds. The van der Waals surface area contributed by atoms with Crippen LogP contribution in [0.4, 0.5) is 8.78 Å². The largest absolute Gasteiger partial charge is 0.349 e. The van der Waals surface area contributed by atoms with Crippen LogP contribution in [0.1, 0.15) is 44.2 Å². The van der Waals surface area contributed by atoms with E-state index in [0.717, 1.165) is 37.8 Å². The topological polar surface area (TPSA) is 29.1 Å². The molecule has 0 heterocycles. The first-order valence-electron chi connectivity index (χ1n) is 6.33. The molecule has 1 aliphatic rings. The summed E-state index contributed by atoms with van der Waals surface area (Å²) < 4.78 is 25.9. The summed E-state index contributed by atoms with van der Waals surface area (Å²) in [5, 5.41) is 2.86. The van der Waals surface area contributed by atoms with Gasteiger partial charge in [-0.1, -0.05) is 18.9 Å². The Balaban J connectivity index is 2.00. The highest BCUT2D eigenvalue weighted by atomic mass is 19.2. The molecule has 18 heavy (non-hydrogen) atoms. The third-order valence-electron chi connectivity index (χ3n) is 3.53. The number of halogens is 2. The average Bonchev–Trinajstić information content (AvgIpc) is 2.86. The van der Waals surface area contributed by atoms with Gasteiger partial charge in [-0.2, -0.15) is 0 Å². The molecule has 1 unspecified atom stereocenters. The fourth-order valence-electron chi connectivity index (χ4n) is 2.38. The predicted octanol–water partition coefficient (Wildman–Crippen LogP) is 3.33. The van der Waals surface area contributed by atoms with E-state index in [9.17, 15) is 13.6 Å². The van der Waals surface area contributed by atoms with E-state index >= 15 is 0 Å². The van der Waals surface area contributed by atoms with E-state index in [0.29, 0.717) is 5.56 Å². The second-order valence-electron chi connectivity index (χ2n) is 4.89. The van der Waals surface area contributed by atoms with Gasteiger partial charge >= 0.3 is 0 Å². The van der Waals surface area contributed by atoms with Crippen molar-refractivity contribution in [1.82, 2.24) is 5.32 Å². The summed E-state index contributed by atoms with van der Waals surface area (Å²) in [5.74, 6) is -1.65. The standard InChI is InChI=1S/C14H17F2NO/c1-9(11-6-7-12(15)13(16)8-11)17-14(18)10-4-2-3-5-10/h6-10H,2-5H2,1H3,(H,17,18). The van der Waals surface area contributed by atoms with Crippen molar-refractivity contribution in [3.05, 3.63) is 35.4 Å². The van der Waals surface area contributed by atoms with Crippen LogP contribution in [0.2, 0.25) is 0 Å². The number of hydrogen-bond acceptors (Lipinski definition) is 1. The van der Waals surface area contributed by atoms with Crippen LogP contribution in [0.25, 0.3) is 0 Å². The van der Waals surface area contributed by atoms with Crippen LogP contribution in [0.3, 0.4) is 0 Å². The van der Waals surface area contributed by atoms with E-state index in [4.69, 9.17) is 0 Å². The monoisotopic (exact) mass is 253 g/mol. The maximum absolute atomic E-state index is 13.1. The molecule has 1 aromatic rings. The molecule has 1 N–H and O–H groups in total. The number of benzene rings is 1. The number of rotatable bonds is 3. The first-order chi connectivity index (χ1) is 8.58. The van der Waals surface area contributed by atoms with Gasteiger partial charge in [0.2, 0.25) is 5.91 Å². The van der Waals surface area contributed by atoms with Crippen molar-refractivity contribution in [2.75, 3.05) is 0 Å². The van der Waals surface area contributed by atoms with Crippen LogP contribution in [-0.4, -0.2) is 5.91 Å². The highest BCUT2D eigenvalue weighted by Gasteiger charge is 2.24. The van der Waals surface area contributed by atoms with Gasteiger partial charge in [0.25, 0.3) is 0 Å². The molecule has 98 valence electrons. The van der Waals surface area contributed by atoms with Crippen molar-refractivity contribution in [3.8, 4) is 0 Å². The van der Waals surface area contributed by atoms with Crippen molar-refractivity contribution in [2.24, 2.45) is 5.92 Å². The number of nitrogens with one attached hydrogen (secondary N) is 1. The van der Waals surface area contributed by atoms with Crippen molar-refractivity contribution in [1.29, 1.82) is 0 Å². The first-order valence-corrected chi connectivity index (χ1v) is 6.33. The quantitative estimate of drug-likeness (QED) is 0.879. The van der Waals surface area contributed by atoms with Gasteiger partial charge < -0.3 is 5.32 Å². The smallest absolute Gasteiger partial charge is 0.223 e. The molecule has 1 atom stereocenters. The highest BCUT2D eigenvalue weighted by Crippen LogP contribution is 2.26. The maximum Gasteiger partial charge on any atom is 0.223 e. The normalized spacial score (nSPS) is 17.7. The minimum Gasteiger partial charge on any atom is -0.349 e. The van der Waals surface area contributed by atoms with E-state index in [1.165, 1.54) is 6.07 Å². The molecule has 0 saturated heterocycles. The average molecular weight is 253 g/mol. The molecule has 2 rings (SSSR count). The molecule has 1 aliphatic carbocycles. The summed E-state index contributed by atoms with van der Waals surface area (Å²) in [5.41, 5.74) is 0.584. The number of hydrogen-bond donors (Lipinski definition) is 1. The summed E-state index contributed by atoms with van der Waals surface area (Å²) in [6.45, 7) is 1.78. The fraction of sp³-hybridized carbons (Fsp3) is 0.500. The van der Waals surface area contributed by atoms with Crippen LogP contribution >= 0.6 is 0 Å². The van der Waals surface area contributed by atoms with E-state index in [1.807, 2.05) is 0 Å². The Kier molecular flexibility index (Phi) is 3.94. The molecular weight excluding hydrogens is 236 g/mol. The lowest BCUT2D eigenvalue weighted by Gasteiger charge is -2.17. The van der Waals surface area contributed by atoms with Crippen molar-refractivity contribution in [3.63, 3.8) is 0 Å². The molecule has 1 saturated carbocycles. The number of carbonyl (C=O) groups excluding carboxylic acids is 1. The molecule has 1 fully saturated rings. The third kappa shape index (κ3) is 2.86. The zero-order chi connectivity index (χ0) is 13.1. The zero-order valence-electron chi connectivity index (χ0n) is 10.4. The SMILES string of the molecule is CC(NC(=O)C1CCCC1)c1ccc(F)c(F)c1. The molecule has 4 heteroatoms. The van der Waals surface area contributed by atoms with Gasteiger partial charge in [0.05, 0.1) is 6.04 Å². The minimum atomic E-state index is -0.880. The predicted molar refractivity (Wildman–Crippen MR) is 64.9 cm³/mol. The number of amides is 1. The summed E-state index contributed by atoms with van der Waals surface area (Å²) in [4.78, 5) is 11.9. The molecule has 1 aromatic carbocycles. The number of carbonyl (C=O) groups is 1. The first kappa shape index (κ1) is 13.0. The lowest BCUT2D eigenvalue weighted by Crippen LogP contribution is -2.31. The second-order valence-corrected chi connectivity index (χ2v) is 4.89. The fourth-order valence-corrected chi connectivity index (χ4v) is 2.38. The lowest BCUT2D eigenvalue weighted by atomic mass is 10.0. The Morgan fingerprint density at radius 2 is 1.94 bits per heavy atom. The highest BCUT2D eigenvalue weighted by molar-refractivity contribution is 5.79. The minimum absolute atomic E-state index is 0.0183. The van der Waals surface area contributed by atoms with Gasteiger partial charge in [-0.25, -0.2) is 8.78 Å².